The SMILES string of the molecule is O=C(O)c1ccc(N2C=Cc3ccccc3C2)cc1. The average molecular weight is 251 g/mol. The minimum Gasteiger partial charge on any atom is -0.478 e. The minimum absolute atomic E-state index is 0.310. The Bertz CT molecular complexity index is 644. The Balaban J connectivity index is 1.87. The van der Waals surface area contributed by atoms with Crippen LogP contribution in [0.2, 0.25) is 0 Å². The molecule has 0 saturated heterocycles. The Morgan fingerprint density at radius 2 is 1.79 bits per heavy atom. The van der Waals surface area contributed by atoms with Crippen molar-refractivity contribution in [3.8, 4) is 0 Å². The van der Waals surface area contributed by atoms with Crippen LogP contribution in [-0.2, 0) is 6.54 Å². The average Bonchev–Trinajstić information content (AvgIpc) is 2.47. The quantitative estimate of drug-likeness (QED) is 0.889. The van der Waals surface area contributed by atoms with Crippen LogP contribution in [0.3, 0.4) is 0 Å². The molecular formula is C16H13NO2. The molecule has 1 N–H and O–H groups in total. The van der Waals surface area contributed by atoms with Crippen molar-refractivity contribution in [2.24, 2.45) is 0 Å². The van der Waals surface area contributed by atoms with Gasteiger partial charge in [0.25, 0.3) is 0 Å². The second-order valence-electron chi connectivity index (χ2n) is 4.49. The van der Waals surface area contributed by atoms with Crippen molar-refractivity contribution >= 4 is 17.7 Å². The van der Waals surface area contributed by atoms with Crippen molar-refractivity contribution in [2.75, 3.05) is 4.90 Å². The first-order valence-electron chi connectivity index (χ1n) is 6.10. The minimum atomic E-state index is -0.897. The normalized spacial score (nSPS) is 13.2. The van der Waals surface area contributed by atoms with Gasteiger partial charge in [0, 0.05) is 18.4 Å². The molecule has 3 nitrogen and oxygen atoms in total. The van der Waals surface area contributed by atoms with Crippen LogP contribution < -0.4 is 4.90 Å². The lowest BCUT2D eigenvalue weighted by molar-refractivity contribution is 0.0697. The van der Waals surface area contributed by atoms with Crippen molar-refractivity contribution in [2.45, 2.75) is 6.54 Å². The number of carboxylic acids is 1. The maximum absolute atomic E-state index is 10.8. The zero-order valence-electron chi connectivity index (χ0n) is 10.3. The maximum Gasteiger partial charge on any atom is 0.335 e. The zero-order chi connectivity index (χ0) is 13.2. The molecule has 2 aromatic carbocycles. The number of rotatable bonds is 2. The highest BCUT2D eigenvalue weighted by molar-refractivity contribution is 5.88. The van der Waals surface area contributed by atoms with Gasteiger partial charge in [-0.2, -0.15) is 0 Å². The summed E-state index contributed by atoms with van der Waals surface area (Å²) in [6.07, 6.45) is 4.10. The Kier molecular flexibility index (Phi) is 2.80. The number of hydrogen-bond donors (Lipinski definition) is 1. The van der Waals surface area contributed by atoms with Crippen molar-refractivity contribution in [1.82, 2.24) is 0 Å². The van der Waals surface area contributed by atoms with Crippen molar-refractivity contribution < 1.29 is 9.90 Å². The second-order valence-corrected chi connectivity index (χ2v) is 4.49. The Hall–Kier alpha value is -2.55. The molecule has 3 rings (SSSR count). The summed E-state index contributed by atoms with van der Waals surface area (Å²) < 4.78 is 0. The van der Waals surface area contributed by atoms with Gasteiger partial charge in [-0.3, -0.25) is 0 Å². The van der Waals surface area contributed by atoms with Gasteiger partial charge in [-0.05, 0) is 41.5 Å². The molecule has 2 aromatic rings. The first-order valence-corrected chi connectivity index (χ1v) is 6.10. The topological polar surface area (TPSA) is 40.5 Å². The molecule has 0 aliphatic carbocycles. The van der Waals surface area contributed by atoms with Crippen LogP contribution in [-0.4, -0.2) is 11.1 Å². The molecule has 0 spiro atoms. The van der Waals surface area contributed by atoms with Crippen LogP contribution in [0.4, 0.5) is 5.69 Å². The smallest absolute Gasteiger partial charge is 0.335 e. The Labute approximate surface area is 111 Å². The third-order valence-corrected chi connectivity index (χ3v) is 3.28. The number of anilines is 1. The van der Waals surface area contributed by atoms with Gasteiger partial charge in [-0.15, -0.1) is 0 Å². The van der Waals surface area contributed by atoms with E-state index in [2.05, 4.69) is 23.1 Å². The molecule has 0 saturated carbocycles. The van der Waals surface area contributed by atoms with Crippen LogP contribution in [0.5, 0.6) is 0 Å². The van der Waals surface area contributed by atoms with E-state index in [1.807, 2.05) is 30.5 Å². The molecule has 0 amide bonds. The lowest BCUT2D eigenvalue weighted by Crippen LogP contribution is -2.18. The monoisotopic (exact) mass is 251 g/mol. The van der Waals surface area contributed by atoms with Gasteiger partial charge in [0.15, 0.2) is 0 Å². The van der Waals surface area contributed by atoms with E-state index in [1.54, 1.807) is 12.1 Å². The first-order chi connectivity index (χ1) is 9.24. The highest BCUT2D eigenvalue weighted by Gasteiger charge is 2.12. The summed E-state index contributed by atoms with van der Waals surface area (Å²) in [5.41, 5.74) is 3.81. The van der Waals surface area contributed by atoms with Gasteiger partial charge < -0.3 is 10.0 Å². The highest BCUT2D eigenvalue weighted by atomic mass is 16.4. The molecule has 1 aliphatic heterocycles. The predicted octanol–water partition coefficient (Wildman–Crippen LogP) is 3.38. The summed E-state index contributed by atoms with van der Waals surface area (Å²) in [6.45, 7) is 0.805. The molecule has 0 radical (unpaired) electrons. The fourth-order valence-electron chi connectivity index (χ4n) is 2.22. The fourth-order valence-corrected chi connectivity index (χ4v) is 2.22. The summed E-state index contributed by atoms with van der Waals surface area (Å²) in [4.78, 5) is 12.9. The van der Waals surface area contributed by atoms with Gasteiger partial charge in [-0.25, -0.2) is 4.79 Å². The third kappa shape index (κ3) is 2.22. The predicted molar refractivity (Wildman–Crippen MR) is 75.1 cm³/mol. The summed E-state index contributed by atoms with van der Waals surface area (Å²) in [5.74, 6) is -0.897. The Morgan fingerprint density at radius 1 is 1.05 bits per heavy atom. The molecular weight excluding hydrogens is 238 g/mol. The maximum atomic E-state index is 10.8. The zero-order valence-corrected chi connectivity index (χ0v) is 10.3. The molecule has 0 atom stereocenters. The van der Waals surface area contributed by atoms with Gasteiger partial charge >= 0.3 is 5.97 Å². The third-order valence-electron chi connectivity index (χ3n) is 3.28. The van der Waals surface area contributed by atoms with E-state index in [9.17, 15) is 4.79 Å². The largest absolute Gasteiger partial charge is 0.478 e. The van der Waals surface area contributed by atoms with E-state index in [1.165, 1.54) is 11.1 Å². The molecule has 19 heavy (non-hydrogen) atoms. The lowest BCUT2D eigenvalue weighted by Gasteiger charge is -2.25. The second kappa shape index (κ2) is 4.61. The van der Waals surface area contributed by atoms with E-state index in [4.69, 9.17) is 5.11 Å². The summed E-state index contributed by atoms with van der Waals surface area (Å²) >= 11 is 0. The number of carboxylic acid groups (broad SMARTS) is 1. The Morgan fingerprint density at radius 3 is 2.53 bits per heavy atom. The molecule has 1 heterocycles. The van der Waals surface area contributed by atoms with E-state index in [0.717, 1.165) is 12.2 Å². The van der Waals surface area contributed by atoms with Gasteiger partial charge in [-0.1, -0.05) is 24.3 Å². The fraction of sp³-hybridized carbons (Fsp3) is 0.0625. The molecule has 94 valence electrons. The van der Waals surface area contributed by atoms with Crippen LogP contribution in [0, 0.1) is 0 Å². The number of carbonyl (C=O) groups is 1. The number of aromatic carboxylic acids is 1. The summed E-state index contributed by atoms with van der Waals surface area (Å²) in [7, 11) is 0. The van der Waals surface area contributed by atoms with Crippen LogP contribution >= 0.6 is 0 Å². The molecule has 1 aliphatic rings. The van der Waals surface area contributed by atoms with Crippen molar-refractivity contribution in [1.29, 1.82) is 0 Å². The lowest BCUT2D eigenvalue weighted by atomic mass is 10.0. The molecule has 0 fully saturated rings. The molecule has 0 unspecified atom stereocenters. The van der Waals surface area contributed by atoms with Crippen LogP contribution in [0.25, 0.3) is 6.08 Å². The first kappa shape index (κ1) is 11.5. The van der Waals surface area contributed by atoms with Gasteiger partial charge in [0.05, 0.1) is 5.56 Å². The van der Waals surface area contributed by atoms with E-state index >= 15 is 0 Å². The number of nitrogens with zero attached hydrogens (tertiary/aromatic N) is 1. The molecule has 3 heteroatoms. The number of fused-ring (bicyclic) bond motifs is 1. The van der Waals surface area contributed by atoms with Crippen LogP contribution in [0.1, 0.15) is 21.5 Å². The van der Waals surface area contributed by atoms with E-state index in [0.29, 0.717) is 5.56 Å². The number of hydrogen-bond acceptors (Lipinski definition) is 2. The standard InChI is InChI=1S/C16H13NO2/c18-16(19)13-5-7-15(8-6-13)17-10-9-12-3-1-2-4-14(12)11-17/h1-10H,11H2,(H,18,19). The van der Waals surface area contributed by atoms with Gasteiger partial charge in [0.1, 0.15) is 0 Å². The van der Waals surface area contributed by atoms with E-state index in [-0.39, 0.29) is 0 Å². The van der Waals surface area contributed by atoms with Crippen molar-refractivity contribution in [3.05, 3.63) is 71.4 Å². The van der Waals surface area contributed by atoms with E-state index < -0.39 is 5.97 Å². The highest BCUT2D eigenvalue weighted by Crippen LogP contribution is 2.25. The molecule has 0 aromatic heterocycles. The van der Waals surface area contributed by atoms with Crippen LogP contribution in [0.15, 0.2) is 54.7 Å². The van der Waals surface area contributed by atoms with Gasteiger partial charge in [0.2, 0.25) is 0 Å². The number of benzene rings is 2. The van der Waals surface area contributed by atoms with Crippen molar-refractivity contribution in [3.63, 3.8) is 0 Å². The summed E-state index contributed by atoms with van der Waals surface area (Å²) in [6, 6.07) is 15.2. The summed E-state index contributed by atoms with van der Waals surface area (Å²) in [5, 5.41) is 8.89. The molecule has 0 bridgehead atoms.